The third kappa shape index (κ3) is 4.73. The zero-order chi connectivity index (χ0) is 32.2. The van der Waals surface area contributed by atoms with E-state index in [1.165, 1.54) is 60.6 Å². The van der Waals surface area contributed by atoms with Crippen LogP contribution in [0, 0.1) is 13.8 Å². The van der Waals surface area contributed by atoms with E-state index in [1.54, 1.807) is 0 Å². The van der Waals surface area contributed by atoms with Crippen LogP contribution < -0.4 is 9.80 Å². The van der Waals surface area contributed by atoms with Crippen molar-refractivity contribution in [3.05, 3.63) is 181 Å². The normalized spacial score (nSPS) is 11.5. The van der Waals surface area contributed by atoms with E-state index in [9.17, 15) is 0 Å². The lowest BCUT2D eigenvalue weighted by molar-refractivity contribution is 1.24. The van der Waals surface area contributed by atoms with Crippen molar-refractivity contribution in [3.8, 4) is 22.3 Å². The number of rotatable bonds is 6. The van der Waals surface area contributed by atoms with Gasteiger partial charge < -0.3 is 9.80 Å². The summed E-state index contributed by atoms with van der Waals surface area (Å²) in [6, 6.07) is 61.8. The SMILES string of the molecule is Cc1ccc(C)c(N(c2ccccc2)c2ccc3cc4c(cc3c2)-c2cc3cc(N(c5ccccc5)c5ccccc5)ccc3cc2-4)c1. The molecule has 0 saturated carbocycles. The quantitative estimate of drug-likeness (QED) is 0.184. The van der Waals surface area contributed by atoms with E-state index < -0.39 is 0 Å². The van der Waals surface area contributed by atoms with Gasteiger partial charge in [0.2, 0.25) is 0 Å². The first-order valence-electron chi connectivity index (χ1n) is 16.6. The summed E-state index contributed by atoms with van der Waals surface area (Å²) in [5.74, 6) is 0. The third-order valence-electron chi connectivity index (χ3n) is 9.67. The maximum absolute atomic E-state index is 2.39. The van der Waals surface area contributed by atoms with E-state index in [1.807, 2.05) is 0 Å². The predicted molar refractivity (Wildman–Crippen MR) is 205 cm³/mol. The van der Waals surface area contributed by atoms with Crippen LogP contribution in [-0.4, -0.2) is 0 Å². The number of hydrogen-bond donors (Lipinski definition) is 0. The molecule has 8 aromatic carbocycles. The van der Waals surface area contributed by atoms with Gasteiger partial charge in [-0.05, 0) is 160 Å². The first kappa shape index (κ1) is 28.1. The van der Waals surface area contributed by atoms with Gasteiger partial charge in [-0.3, -0.25) is 0 Å². The lowest BCUT2D eigenvalue weighted by Crippen LogP contribution is -2.11. The van der Waals surface area contributed by atoms with E-state index in [0.717, 1.165) is 28.4 Å². The van der Waals surface area contributed by atoms with Gasteiger partial charge in [-0.15, -0.1) is 0 Å². The molecule has 0 spiro atoms. The van der Waals surface area contributed by atoms with Crippen LogP contribution in [0.4, 0.5) is 34.1 Å². The van der Waals surface area contributed by atoms with Crippen molar-refractivity contribution in [1.82, 2.24) is 0 Å². The summed E-state index contributed by atoms with van der Waals surface area (Å²) in [4.78, 5) is 4.71. The number of nitrogens with zero attached hydrogens (tertiary/aromatic N) is 2. The molecule has 0 unspecified atom stereocenters. The second kappa shape index (κ2) is 11.3. The zero-order valence-corrected chi connectivity index (χ0v) is 27.1. The number of aryl methyl sites for hydroxylation is 2. The van der Waals surface area contributed by atoms with Gasteiger partial charge in [0, 0.05) is 34.1 Å². The molecule has 1 aliphatic carbocycles. The predicted octanol–water partition coefficient (Wildman–Crippen LogP) is 13.2. The minimum absolute atomic E-state index is 1.14. The van der Waals surface area contributed by atoms with Crippen molar-refractivity contribution >= 4 is 55.7 Å². The highest BCUT2D eigenvalue weighted by molar-refractivity contribution is 6.12. The fourth-order valence-electron chi connectivity index (χ4n) is 7.24. The molecule has 2 nitrogen and oxygen atoms in total. The van der Waals surface area contributed by atoms with E-state index in [-0.39, 0.29) is 0 Å². The van der Waals surface area contributed by atoms with Crippen LogP contribution >= 0.6 is 0 Å². The van der Waals surface area contributed by atoms with Crippen LogP contribution in [0.3, 0.4) is 0 Å². The van der Waals surface area contributed by atoms with E-state index in [0.29, 0.717) is 0 Å². The second-order valence-electron chi connectivity index (χ2n) is 12.8. The Morgan fingerprint density at radius 1 is 0.312 bits per heavy atom. The summed E-state index contributed by atoms with van der Waals surface area (Å²) in [6.07, 6.45) is 0. The van der Waals surface area contributed by atoms with Gasteiger partial charge in [0.25, 0.3) is 0 Å². The first-order chi connectivity index (χ1) is 23.6. The molecule has 0 radical (unpaired) electrons. The van der Waals surface area contributed by atoms with Gasteiger partial charge in [-0.25, -0.2) is 0 Å². The Morgan fingerprint density at radius 2 is 0.729 bits per heavy atom. The van der Waals surface area contributed by atoms with Gasteiger partial charge >= 0.3 is 0 Å². The third-order valence-corrected chi connectivity index (χ3v) is 9.67. The number of anilines is 6. The molecule has 0 fully saturated rings. The Hall–Kier alpha value is -6.12. The molecule has 0 heterocycles. The number of para-hydroxylation sites is 3. The summed E-state index contributed by atoms with van der Waals surface area (Å²) in [7, 11) is 0. The van der Waals surface area contributed by atoms with Crippen LogP contribution in [0.5, 0.6) is 0 Å². The molecular weight excluding hydrogens is 581 g/mol. The molecule has 0 saturated heterocycles. The highest BCUT2D eigenvalue weighted by Gasteiger charge is 2.25. The molecule has 8 aromatic rings. The van der Waals surface area contributed by atoms with Gasteiger partial charge in [0.15, 0.2) is 0 Å². The minimum Gasteiger partial charge on any atom is -0.310 e. The Bertz CT molecular complexity index is 2430. The zero-order valence-electron chi connectivity index (χ0n) is 27.1. The van der Waals surface area contributed by atoms with Crippen molar-refractivity contribution in [2.45, 2.75) is 13.8 Å². The van der Waals surface area contributed by atoms with Crippen LogP contribution in [0.25, 0.3) is 43.8 Å². The summed E-state index contributed by atoms with van der Waals surface area (Å²) in [6.45, 7) is 4.36. The monoisotopic (exact) mass is 614 g/mol. The summed E-state index contributed by atoms with van der Waals surface area (Å²) >= 11 is 0. The Kier molecular flexibility index (Phi) is 6.62. The van der Waals surface area contributed by atoms with Crippen LogP contribution in [0.2, 0.25) is 0 Å². The molecule has 1 aliphatic rings. The molecule has 0 N–H and O–H groups in total. The van der Waals surface area contributed by atoms with E-state index in [2.05, 4.69) is 194 Å². The lowest BCUT2D eigenvalue weighted by atomic mass is 9.78. The smallest absolute Gasteiger partial charge is 0.0493 e. The fraction of sp³-hybridized carbons (Fsp3) is 0.0435. The topological polar surface area (TPSA) is 6.48 Å². The van der Waals surface area contributed by atoms with Gasteiger partial charge in [-0.1, -0.05) is 78.9 Å². The maximum Gasteiger partial charge on any atom is 0.0493 e. The lowest BCUT2D eigenvalue weighted by Gasteiger charge is -2.29. The van der Waals surface area contributed by atoms with Crippen molar-refractivity contribution in [2.24, 2.45) is 0 Å². The Labute approximate surface area is 281 Å². The van der Waals surface area contributed by atoms with Gasteiger partial charge in [0.05, 0.1) is 0 Å². The second-order valence-corrected chi connectivity index (χ2v) is 12.8. The average molecular weight is 615 g/mol. The van der Waals surface area contributed by atoms with Gasteiger partial charge in [0.1, 0.15) is 0 Å². The number of hydrogen-bond acceptors (Lipinski definition) is 2. The van der Waals surface area contributed by atoms with Crippen LogP contribution in [-0.2, 0) is 0 Å². The van der Waals surface area contributed by atoms with E-state index >= 15 is 0 Å². The minimum atomic E-state index is 1.14. The molecule has 0 bridgehead atoms. The molecule has 9 rings (SSSR count). The maximum atomic E-state index is 2.39. The molecule has 0 atom stereocenters. The number of benzene rings is 8. The standard InChI is InChI=1S/C46H34N2/c1-31-18-19-32(2)46(24-31)48(39-16-10-5-11-17-39)41-23-21-34-28-43-42-27-33-20-22-40(25-35(33)29-44(42)45(43)30-36(34)26-41)47(37-12-6-3-7-13-37)38-14-8-4-9-15-38/h3-30H,1-2H3. The van der Waals surface area contributed by atoms with Crippen LogP contribution in [0.1, 0.15) is 11.1 Å². The molecular formula is C46H34N2. The molecule has 0 aliphatic heterocycles. The van der Waals surface area contributed by atoms with Crippen molar-refractivity contribution in [2.75, 3.05) is 9.80 Å². The van der Waals surface area contributed by atoms with Crippen molar-refractivity contribution in [3.63, 3.8) is 0 Å². The number of fused-ring (bicyclic) bond motifs is 6. The molecule has 228 valence electrons. The Balaban J connectivity index is 1.14. The Morgan fingerprint density at radius 3 is 1.21 bits per heavy atom. The fourth-order valence-corrected chi connectivity index (χ4v) is 7.24. The van der Waals surface area contributed by atoms with E-state index in [4.69, 9.17) is 0 Å². The summed E-state index contributed by atoms with van der Waals surface area (Å²) in [5.41, 5.74) is 14.8. The van der Waals surface area contributed by atoms with Gasteiger partial charge in [-0.2, -0.15) is 0 Å². The largest absolute Gasteiger partial charge is 0.310 e. The molecule has 0 amide bonds. The average Bonchev–Trinajstić information content (AvgIpc) is 3.13. The molecule has 0 aromatic heterocycles. The molecule has 2 heteroatoms. The van der Waals surface area contributed by atoms with Crippen molar-refractivity contribution < 1.29 is 0 Å². The molecule has 48 heavy (non-hydrogen) atoms. The summed E-state index contributed by atoms with van der Waals surface area (Å²) < 4.78 is 0. The first-order valence-corrected chi connectivity index (χ1v) is 16.6. The highest BCUT2D eigenvalue weighted by Crippen LogP contribution is 2.51. The van der Waals surface area contributed by atoms with Crippen LogP contribution in [0.15, 0.2) is 170 Å². The summed E-state index contributed by atoms with van der Waals surface area (Å²) in [5, 5.41) is 5.00. The van der Waals surface area contributed by atoms with Crippen molar-refractivity contribution in [1.29, 1.82) is 0 Å². The highest BCUT2D eigenvalue weighted by atomic mass is 15.1.